The lowest BCUT2D eigenvalue weighted by molar-refractivity contribution is -0.136. The van der Waals surface area contributed by atoms with Crippen molar-refractivity contribution in [1.29, 1.82) is 0 Å². The van der Waals surface area contributed by atoms with Crippen molar-refractivity contribution in [3.63, 3.8) is 0 Å². The summed E-state index contributed by atoms with van der Waals surface area (Å²) in [6.07, 6.45) is -3.78. The molecule has 0 amide bonds. The maximum absolute atomic E-state index is 13.0. The van der Waals surface area contributed by atoms with Crippen molar-refractivity contribution >= 4 is 10.9 Å². The van der Waals surface area contributed by atoms with Gasteiger partial charge in [0.25, 0.3) is 5.56 Å². The monoisotopic (exact) mass is 298 g/mol. The largest absolute Gasteiger partial charge is 0.417 e. The highest BCUT2D eigenvalue weighted by molar-refractivity contribution is 5.84. The van der Waals surface area contributed by atoms with Gasteiger partial charge in [-0.3, -0.25) is 4.79 Å². The van der Waals surface area contributed by atoms with Gasteiger partial charge < -0.3 is 5.84 Å². The number of rotatable bonds is 2. The Morgan fingerprint density at radius 2 is 1.81 bits per heavy atom. The van der Waals surface area contributed by atoms with Gasteiger partial charge in [-0.05, 0) is 23.5 Å². The number of fused-ring (bicyclic) bond motifs is 1. The normalized spacial score (nSPS) is 12.9. The van der Waals surface area contributed by atoms with Gasteiger partial charge in [-0.25, -0.2) is 4.68 Å². The van der Waals surface area contributed by atoms with Gasteiger partial charge in [0.05, 0.1) is 11.1 Å². The minimum atomic E-state index is -4.59. The zero-order valence-corrected chi connectivity index (χ0v) is 12.1. The number of pyridine rings is 1. The van der Waals surface area contributed by atoms with Gasteiger partial charge in [-0.2, -0.15) is 13.2 Å². The van der Waals surface area contributed by atoms with Crippen molar-refractivity contribution in [3.8, 4) is 0 Å². The lowest BCUT2D eigenvalue weighted by Gasteiger charge is -2.24. The standard InChI is InChI=1S/C15H17F3N2O/c1-4-14(2,3)9-5-6-10-11(15(16,17)18)8-13(21)20(19)12(10)7-9/h5-8H,4,19H2,1-3H3. The molecule has 0 aliphatic carbocycles. The van der Waals surface area contributed by atoms with Crippen molar-refractivity contribution in [2.45, 2.75) is 38.8 Å². The Kier molecular flexibility index (Phi) is 3.51. The first-order valence-electron chi connectivity index (χ1n) is 6.60. The lowest BCUT2D eigenvalue weighted by Crippen LogP contribution is -2.29. The third kappa shape index (κ3) is 2.62. The summed E-state index contributed by atoms with van der Waals surface area (Å²) >= 11 is 0. The number of hydrogen-bond donors (Lipinski definition) is 1. The third-order valence-corrected chi connectivity index (χ3v) is 4.02. The summed E-state index contributed by atoms with van der Waals surface area (Å²) in [5, 5.41) is -0.0692. The number of halogens is 3. The van der Waals surface area contributed by atoms with Crippen LogP contribution in [0.2, 0.25) is 0 Å². The Hall–Kier alpha value is -1.98. The minimum Gasteiger partial charge on any atom is -0.336 e. The molecule has 0 radical (unpaired) electrons. The molecule has 0 aliphatic rings. The van der Waals surface area contributed by atoms with Crippen molar-refractivity contribution in [1.82, 2.24) is 4.68 Å². The van der Waals surface area contributed by atoms with Gasteiger partial charge in [0.2, 0.25) is 0 Å². The topological polar surface area (TPSA) is 48.0 Å². The highest BCUT2D eigenvalue weighted by atomic mass is 19.4. The van der Waals surface area contributed by atoms with Crippen LogP contribution in [0.25, 0.3) is 10.9 Å². The highest BCUT2D eigenvalue weighted by Gasteiger charge is 2.34. The minimum absolute atomic E-state index is 0.0692. The zero-order chi connectivity index (χ0) is 16.0. The summed E-state index contributed by atoms with van der Waals surface area (Å²) in [6.45, 7) is 5.97. The summed E-state index contributed by atoms with van der Waals surface area (Å²) in [5.41, 5.74) is -1.10. The molecule has 2 aromatic rings. The molecule has 2 rings (SSSR count). The first-order valence-corrected chi connectivity index (χ1v) is 6.60. The second-order valence-electron chi connectivity index (χ2n) is 5.73. The molecule has 1 aromatic heterocycles. The van der Waals surface area contributed by atoms with Crippen molar-refractivity contribution in [2.75, 3.05) is 5.84 Å². The number of nitrogens with zero attached hydrogens (tertiary/aromatic N) is 1. The summed E-state index contributed by atoms with van der Waals surface area (Å²) < 4.78 is 39.9. The van der Waals surface area contributed by atoms with E-state index in [1.807, 2.05) is 20.8 Å². The van der Waals surface area contributed by atoms with Crippen LogP contribution in [-0.2, 0) is 11.6 Å². The lowest BCUT2D eigenvalue weighted by atomic mass is 9.82. The van der Waals surface area contributed by atoms with Gasteiger partial charge in [0.15, 0.2) is 0 Å². The van der Waals surface area contributed by atoms with E-state index < -0.39 is 17.3 Å². The summed E-state index contributed by atoms with van der Waals surface area (Å²) in [5.74, 6) is 5.62. The number of hydrogen-bond acceptors (Lipinski definition) is 2. The fourth-order valence-corrected chi connectivity index (χ4v) is 2.21. The number of benzene rings is 1. The van der Waals surface area contributed by atoms with Gasteiger partial charge >= 0.3 is 6.18 Å². The molecule has 0 spiro atoms. The van der Waals surface area contributed by atoms with Crippen LogP contribution in [0.5, 0.6) is 0 Å². The maximum Gasteiger partial charge on any atom is 0.417 e. The molecule has 2 N–H and O–H groups in total. The molecule has 0 aliphatic heterocycles. The molecule has 0 unspecified atom stereocenters. The van der Waals surface area contributed by atoms with Crippen LogP contribution in [0.1, 0.15) is 38.3 Å². The van der Waals surface area contributed by atoms with Crippen molar-refractivity contribution < 1.29 is 13.2 Å². The molecule has 114 valence electrons. The van der Waals surface area contributed by atoms with Gasteiger partial charge in [0.1, 0.15) is 0 Å². The van der Waals surface area contributed by atoms with Crippen LogP contribution in [0, 0.1) is 0 Å². The molecule has 6 heteroatoms. The molecular weight excluding hydrogens is 281 g/mol. The van der Waals surface area contributed by atoms with E-state index in [2.05, 4.69) is 0 Å². The first-order chi connectivity index (χ1) is 9.58. The number of alkyl halides is 3. The van der Waals surface area contributed by atoms with Gasteiger partial charge in [-0.15, -0.1) is 0 Å². The molecule has 1 heterocycles. The highest BCUT2D eigenvalue weighted by Crippen LogP contribution is 2.35. The Bertz CT molecular complexity index is 745. The van der Waals surface area contributed by atoms with Gasteiger partial charge in [0, 0.05) is 11.5 Å². The molecule has 21 heavy (non-hydrogen) atoms. The predicted octanol–water partition coefficient (Wildman–Crippen LogP) is 3.42. The fourth-order valence-electron chi connectivity index (χ4n) is 2.21. The van der Waals surface area contributed by atoms with Crippen molar-refractivity contribution in [2.24, 2.45) is 0 Å². The SMILES string of the molecule is CCC(C)(C)c1ccc2c(C(F)(F)F)cc(=O)n(N)c2c1. The van der Waals surface area contributed by atoms with E-state index in [1.54, 1.807) is 12.1 Å². The average Bonchev–Trinajstić information content (AvgIpc) is 2.41. The Balaban J connectivity index is 2.85. The molecule has 0 fully saturated rings. The van der Waals surface area contributed by atoms with E-state index in [1.165, 1.54) is 6.07 Å². The fraction of sp³-hybridized carbons (Fsp3) is 0.400. The summed E-state index contributed by atoms with van der Waals surface area (Å²) in [7, 11) is 0. The molecule has 1 aromatic carbocycles. The van der Waals surface area contributed by atoms with Crippen LogP contribution in [0.3, 0.4) is 0 Å². The Morgan fingerprint density at radius 3 is 2.33 bits per heavy atom. The Morgan fingerprint density at radius 1 is 1.19 bits per heavy atom. The molecule has 3 nitrogen and oxygen atoms in total. The van der Waals surface area contributed by atoms with Crippen LogP contribution in [-0.4, -0.2) is 4.68 Å². The second kappa shape index (κ2) is 4.79. The molecule has 0 saturated heterocycles. The van der Waals surface area contributed by atoms with E-state index >= 15 is 0 Å². The van der Waals surface area contributed by atoms with E-state index in [0.717, 1.165) is 16.7 Å². The van der Waals surface area contributed by atoms with E-state index in [0.29, 0.717) is 6.07 Å². The summed E-state index contributed by atoms with van der Waals surface area (Å²) in [4.78, 5) is 11.7. The third-order valence-electron chi connectivity index (χ3n) is 4.02. The predicted molar refractivity (Wildman–Crippen MR) is 76.7 cm³/mol. The summed E-state index contributed by atoms with van der Waals surface area (Å²) in [6, 6.07) is 5.14. The number of nitrogens with two attached hydrogens (primary N) is 1. The maximum atomic E-state index is 13.0. The van der Waals surface area contributed by atoms with E-state index in [-0.39, 0.29) is 16.3 Å². The van der Waals surface area contributed by atoms with Gasteiger partial charge in [-0.1, -0.05) is 32.9 Å². The Labute approximate surface area is 120 Å². The number of nitrogen functional groups attached to an aromatic ring is 1. The quantitative estimate of drug-likeness (QED) is 0.864. The van der Waals surface area contributed by atoms with Crippen LogP contribution >= 0.6 is 0 Å². The smallest absolute Gasteiger partial charge is 0.336 e. The molecule has 0 bridgehead atoms. The first kappa shape index (κ1) is 15.4. The second-order valence-corrected chi connectivity index (χ2v) is 5.73. The van der Waals surface area contributed by atoms with E-state index in [9.17, 15) is 18.0 Å². The number of aromatic nitrogens is 1. The van der Waals surface area contributed by atoms with Crippen LogP contribution < -0.4 is 11.4 Å². The molecule has 0 atom stereocenters. The van der Waals surface area contributed by atoms with Crippen LogP contribution in [0.4, 0.5) is 13.2 Å². The zero-order valence-electron chi connectivity index (χ0n) is 12.1. The van der Waals surface area contributed by atoms with E-state index in [4.69, 9.17) is 5.84 Å². The van der Waals surface area contributed by atoms with Crippen molar-refractivity contribution in [3.05, 3.63) is 45.7 Å². The molecule has 0 saturated carbocycles. The average molecular weight is 298 g/mol. The van der Waals surface area contributed by atoms with Crippen LogP contribution in [0.15, 0.2) is 29.1 Å². The molecular formula is C15H17F3N2O.